The van der Waals surface area contributed by atoms with Crippen LogP contribution in [0.3, 0.4) is 0 Å². The van der Waals surface area contributed by atoms with Gasteiger partial charge in [0, 0.05) is 26.1 Å². The quantitative estimate of drug-likeness (QED) is 0.467. The summed E-state index contributed by atoms with van der Waals surface area (Å²) in [5, 5.41) is 3.21. The van der Waals surface area contributed by atoms with Crippen molar-refractivity contribution >= 4 is 5.97 Å². The molecule has 26 heavy (non-hydrogen) atoms. The molecule has 0 fully saturated rings. The highest BCUT2D eigenvalue weighted by atomic mass is 16.5. The molecule has 140 valence electrons. The van der Waals surface area contributed by atoms with E-state index in [0.29, 0.717) is 13.0 Å². The van der Waals surface area contributed by atoms with Gasteiger partial charge in [0.25, 0.3) is 0 Å². The molecular weight excluding hydrogens is 324 g/mol. The van der Waals surface area contributed by atoms with Crippen LogP contribution in [-0.2, 0) is 22.7 Å². The number of likely N-dealkylation sites (N-methyl/N-ethyl adjacent to an activating group) is 1. The monoisotopic (exact) mass is 354 g/mol. The van der Waals surface area contributed by atoms with E-state index in [2.05, 4.69) is 34.5 Å². The van der Waals surface area contributed by atoms with Crippen LogP contribution in [0, 0.1) is 0 Å². The van der Waals surface area contributed by atoms with Gasteiger partial charge in [-0.15, -0.1) is 0 Å². The number of carbonyl (C=O) groups excluding carboxylic acids is 1. The number of rotatable bonds is 12. The average molecular weight is 354 g/mol. The Morgan fingerprint density at radius 2 is 1.58 bits per heavy atom. The van der Waals surface area contributed by atoms with Gasteiger partial charge in [0.15, 0.2) is 0 Å². The highest BCUT2D eigenvalue weighted by molar-refractivity contribution is 5.69. The zero-order chi connectivity index (χ0) is 18.5. The van der Waals surface area contributed by atoms with Crippen molar-refractivity contribution in [2.24, 2.45) is 0 Å². The number of unbranched alkanes of at least 4 members (excludes halogenated alkanes) is 1. The van der Waals surface area contributed by atoms with E-state index in [0.717, 1.165) is 44.6 Å². The van der Waals surface area contributed by atoms with E-state index < -0.39 is 0 Å². The molecule has 0 aromatic heterocycles. The summed E-state index contributed by atoms with van der Waals surface area (Å²) in [6.07, 6.45) is 2.34. The Bertz CT molecular complexity index is 617. The summed E-state index contributed by atoms with van der Waals surface area (Å²) in [6, 6.07) is 20.3. The molecule has 2 rings (SSSR count). The van der Waals surface area contributed by atoms with Gasteiger partial charge in [-0.3, -0.25) is 9.69 Å². The Morgan fingerprint density at radius 3 is 2.23 bits per heavy atom. The van der Waals surface area contributed by atoms with Gasteiger partial charge >= 0.3 is 5.97 Å². The Kier molecular flexibility index (Phi) is 9.47. The minimum atomic E-state index is -0.112. The standard InChI is InChI=1S/C22H30N2O2/c1-23-15-17-24(18-20-10-4-2-5-11-20)16-9-8-14-22(25)26-19-21-12-6-3-7-13-21/h2-7,10-13,23H,8-9,14-19H2,1H3. The number of carbonyl (C=O) groups is 1. The lowest BCUT2D eigenvalue weighted by atomic mass is 10.2. The largest absolute Gasteiger partial charge is 0.461 e. The van der Waals surface area contributed by atoms with E-state index in [1.54, 1.807) is 0 Å². The van der Waals surface area contributed by atoms with Gasteiger partial charge in [0.05, 0.1) is 0 Å². The van der Waals surface area contributed by atoms with E-state index in [-0.39, 0.29) is 5.97 Å². The molecule has 0 saturated heterocycles. The van der Waals surface area contributed by atoms with Crippen molar-refractivity contribution in [2.45, 2.75) is 32.4 Å². The first-order valence-corrected chi connectivity index (χ1v) is 9.38. The molecule has 0 radical (unpaired) electrons. The molecule has 0 aliphatic heterocycles. The Morgan fingerprint density at radius 1 is 0.923 bits per heavy atom. The van der Waals surface area contributed by atoms with Crippen LogP contribution >= 0.6 is 0 Å². The van der Waals surface area contributed by atoms with E-state index in [9.17, 15) is 4.79 Å². The second kappa shape index (κ2) is 12.2. The SMILES string of the molecule is CNCCN(CCCCC(=O)OCc1ccccc1)Cc1ccccc1. The molecule has 4 heteroatoms. The van der Waals surface area contributed by atoms with Crippen LogP contribution in [0.1, 0.15) is 30.4 Å². The summed E-state index contributed by atoms with van der Waals surface area (Å²) in [6.45, 7) is 4.27. The number of hydrogen-bond donors (Lipinski definition) is 1. The van der Waals surface area contributed by atoms with Crippen molar-refractivity contribution in [2.75, 3.05) is 26.7 Å². The molecule has 0 bridgehead atoms. The minimum absolute atomic E-state index is 0.112. The predicted octanol–water partition coefficient (Wildman–Crippen LogP) is 3.62. The van der Waals surface area contributed by atoms with Crippen LogP contribution in [0.4, 0.5) is 0 Å². The first-order chi connectivity index (χ1) is 12.8. The third-order valence-corrected chi connectivity index (χ3v) is 4.27. The van der Waals surface area contributed by atoms with Crippen LogP contribution in [0.15, 0.2) is 60.7 Å². The zero-order valence-electron chi connectivity index (χ0n) is 15.7. The summed E-state index contributed by atoms with van der Waals surface area (Å²) in [5.74, 6) is -0.112. The Labute approximate surface area is 157 Å². The van der Waals surface area contributed by atoms with Crippen molar-refractivity contribution < 1.29 is 9.53 Å². The normalized spacial score (nSPS) is 10.8. The van der Waals surface area contributed by atoms with Gasteiger partial charge in [0.2, 0.25) is 0 Å². The van der Waals surface area contributed by atoms with Gasteiger partial charge in [0.1, 0.15) is 6.61 Å². The smallest absolute Gasteiger partial charge is 0.306 e. The molecule has 4 nitrogen and oxygen atoms in total. The molecular formula is C22H30N2O2. The first-order valence-electron chi connectivity index (χ1n) is 9.38. The van der Waals surface area contributed by atoms with Crippen molar-refractivity contribution in [3.8, 4) is 0 Å². The van der Waals surface area contributed by atoms with Crippen molar-refractivity contribution in [1.29, 1.82) is 0 Å². The first kappa shape index (κ1) is 20.1. The van der Waals surface area contributed by atoms with E-state index in [4.69, 9.17) is 4.74 Å². The van der Waals surface area contributed by atoms with Crippen LogP contribution in [0.2, 0.25) is 0 Å². The molecule has 1 N–H and O–H groups in total. The maximum atomic E-state index is 11.9. The number of nitrogens with zero attached hydrogens (tertiary/aromatic N) is 1. The van der Waals surface area contributed by atoms with Crippen LogP contribution in [0.5, 0.6) is 0 Å². The maximum absolute atomic E-state index is 11.9. The Hall–Kier alpha value is -2.17. The number of benzene rings is 2. The third-order valence-electron chi connectivity index (χ3n) is 4.27. The fraction of sp³-hybridized carbons (Fsp3) is 0.409. The Balaban J connectivity index is 1.65. The number of nitrogens with one attached hydrogen (secondary N) is 1. The maximum Gasteiger partial charge on any atom is 0.306 e. The molecule has 2 aromatic carbocycles. The summed E-state index contributed by atoms with van der Waals surface area (Å²) in [4.78, 5) is 14.3. The van der Waals surface area contributed by atoms with Crippen molar-refractivity contribution in [3.63, 3.8) is 0 Å². The van der Waals surface area contributed by atoms with Gasteiger partial charge in [-0.25, -0.2) is 0 Å². The lowest BCUT2D eigenvalue weighted by molar-refractivity contribution is -0.145. The molecule has 0 atom stereocenters. The number of ether oxygens (including phenoxy) is 1. The predicted molar refractivity (Wildman–Crippen MR) is 106 cm³/mol. The van der Waals surface area contributed by atoms with Crippen molar-refractivity contribution in [3.05, 3.63) is 71.8 Å². The molecule has 2 aromatic rings. The summed E-state index contributed by atoms with van der Waals surface area (Å²) in [5.41, 5.74) is 2.35. The van der Waals surface area contributed by atoms with Gasteiger partial charge < -0.3 is 10.1 Å². The topological polar surface area (TPSA) is 41.6 Å². The fourth-order valence-corrected chi connectivity index (χ4v) is 2.80. The highest BCUT2D eigenvalue weighted by Crippen LogP contribution is 2.08. The summed E-state index contributed by atoms with van der Waals surface area (Å²) in [7, 11) is 1.98. The average Bonchev–Trinajstić information content (AvgIpc) is 2.69. The van der Waals surface area contributed by atoms with Crippen LogP contribution < -0.4 is 5.32 Å². The van der Waals surface area contributed by atoms with E-state index in [1.165, 1.54) is 5.56 Å². The number of esters is 1. The lowest BCUT2D eigenvalue weighted by Gasteiger charge is -2.22. The van der Waals surface area contributed by atoms with Crippen LogP contribution in [0.25, 0.3) is 0 Å². The molecule has 0 aliphatic carbocycles. The number of hydrogen-bond acceptors (Lipinski definition) is 4. The molecule has 0 amide bonds. The third kappa shape index (κ3) is 8.28. The fourth-order valence-electron chi connectivity index (χ4n) is 2.80. The second-order valence-corrected chi connectivity index (χ2v) is 6.47. The van der Waals surface area contributed by atoms with Gasteiger partial charge in [-0.2, -0.15) is 0 Å². The molecule has 0 unspecified atom stereocenters. The zero-order valence-corrected chi connectivity index (χ0v) is 15.7. The van der Waals surface area contributed by atoms with E-state index in [1.807, 2.05) is 43.4 Å². The van der Waals surface area contributed by atoms with Gasteiger partial charge in [-0.1, -0.05) is 60.7 Å². The van der Waals surface area contributed by atoms with Gasteiger partial charge in [-0.05, 0) is 37.6 Å². The minimum Gasteiger partial charge on any atom is -0.461 e. The van der Waals surface area contributed by atoms with Crippen LogP contribution in [-0.4, -0.2) is 37.6 Å². The molecule has 0 aliphatic rings. The summed E-state index contributed by atoms with van der Waals surface area (Å²) >= 11 is 0. The molecule has 0 heterocycles. The molecule has 0 saturated carbocycles. The van der Waals surface area contributed by atoms with E-state index >= 15 is 0 Å². The highest BCUT2D eigenvalue weighted by Gasteiger charge is 2.07. The van der Waals surface area contributed by atoms with Crippen molar-refractivity contribution in [1.82, 2.24) is 10.2 Å². The lowest BCUT2D eigenvalue weighted by Crippen LogP contribution is -2.31. The summed E-state index contributed by atoms with van der Waals surface area (Å²) < 4.78 is 5.33. The molecule has 0 spiro atoms. The second-order valence-electron chi connectivity index (χ2n) is 6.47.